The van der Waals surface area contributed by atoms with Crippen LogP contribution in [0.4, 0.5) is 0 Å². The fourth-order valence-corrected chi connectivity index (χ4v) is 3.22. The predicted molar refractivity (Wildman–Crippen MR) is 97.7 cm³/mol. The topological polar surface area (TPSA) is 68.8 Å². The van der Waals surface area contributed by atoms with Crippen molar-refractivity contribution in [2.45, 2.75) is 26.2 Å². The molecule has 3 rings (SSSR count). The molecule has 7 heteroatoms. The Morgan fingerprint density at radius 2 is 2.24 bits per heavy atom. The van der Waals surface area contributed by atoms with Crippen LogP contribution >= 0.6 is 12.4 Å². The second-order valence-electron chi connectivity index (χ2n) is 6.50. The minimum absolute atomic E-state index is 0. The maximum atomic E-state index is 12.0. The molecule has 0 aromatic heterocycles. The summed E-state index contributed by atoms with van der Waals surface area (Å²) >= 11 is 0. The van der Waals surface area contributed by atoms with Crippen molar-refractivity contribution in [1.82, 2.24) is 10.6 Å². The molecule has 1 aromatic rings. The molecule has 0 aliphatic carbocycles. The highest BCUT2D eigenvalue weighted by molar-refractivity contribution is 5.85. The first kappa shape index (κ1) is 19.7. The van der Waals surface area contributed by atoms with Crippen LogP contribution in [0.25, 0.3) is 0 Å². The van der Waals surface area contributed by atoms with E-state index in [-0.39, 0.29) is 25.1 Å². The molecular formula is C18H27ClN2O4. The quantitative estimate of drug-likeness (QED) is 0.721. The van der Waals surface area contributed by atoms with E-state index < -0.39 is 0 Å². The standard InChI is InChI=1S/C18H26N2O4.ClH/c1-13(14-3-2-6-19-11-14)9-18(21)20-7-8-22-15-4-5-16-17(10-15)24-12-23-16;/h4-5,10,13-14,19H,2-3,6-9,11-12H2,1H3,(H,20,21);1H. The van der Waals surface area contributed by atoms with Gasteiger partial charge in [-0.25, -0.2) is 0 Å². The highest BCUT2D eigenvalue weighted by Crippen LogP contribution is 2.35. The van der Waals surface area contributed by atoms with Gasteiger partial charge in [-0.1, -0.05) is 6.92 Å². The Bertz CT molecular complexity index is 564. The zero-order valence-electron chi connectivity index (χ0n) is 14.6. The molecule has 1 amide bonds. The number of fused-ring (bicyclic) bond motifs is 1. The number of nitrogens with one attached hydrogen (secondary N) is 2. The average molecular weight is 371 g/mol. The number of amides is 1. The number of ether oxygens (including phenoxy) is 3. The van der Waals surface area contributed by atoms with Gasteiger partial charge < -0.3 is 24.8 Å². The van der Waals surface area contributed by atoms with Crippen molar-refractivity contribution in [2.24, 2.45) is 11.8 Å². The van der Waals surface area contributed by atoms with Crippen molar-refractivity contribution >= 4 is 18.3 Å². The van der Waals surface area contributed by atoms with Crippen LogP contribution in [0.3, 0.4) is 0 Å². The second kappa shape index (κ2) is 9.73. The number of carbonyl (C=O) groups excluding carboxylic acids is 1. The number of piperidine rings is 1. The molecule has 0 bridgehead atoms. The van der Waals surface area contributed by atoms with Crippen molar-refractivity contribution in [3.8, 4) is 17.2 Å². The molecule has 2 aliphatic rings. The average Bonchev–Trinajstić information content (AvgIpc) is 3.07. The minimum atomic E-state index is 0. The first-order valence-electron chi connectivity index (χ1n) is 8.72. The van der Waals surface area contributed by atoms with E-state index in [0.717, 1.165) is 24.6 Å². The molecule has 6 nitrogen and oxygen atoms in total. The highest BCUT2D eigenvalue weighted by Gasteiger charge is 2.21. The van der Waals surface area contributed by atoms with Crippen LogP contribution in [0.2, 0.25) is 0 Å². The summed E-state index contributed by atoms with van der Waals surface area (Å²) in [5, 5.41) is 6.34. The van der Waals surface area contributed by atoms with E-state index in [4.69, 9.17) is 14.2 Å². The van der Waals surface area contributed by atoms with Gasteiger partial charge in [0, 0.05) is 12.5 Å². The third kappa shape index (κ3) is 5.68. The van der Waals surface area contributed by atoms with Crippen LogP contribution in [0.15, 0.2) is 18.2 Å². The number of hydrogen-bond donors (Lipinski definition) is 2. The number of rotatable bonds is 7. The Hall–Kier alpha value is -1.66. The Morgan fingerprint density at radius 1 is 1.40 bits per heavy atom. The molecule has 2 heterocycles. The van der Waals surface area contributed by atoms with Crippen molar-refractivity contribution in [3.63, 3.8) is 0 Å². The maximum absolute atomic E-state index is 12.0. The van der Waals surface area contributed by atoms with Gasteiger partial charge in [-0.15, -0.1) is 12.4 Å². The van der Waals surface area contributed by atoms with Crippen LogP contribution in [-0.4, -0.2) is 38.9 Å². The molecule has 25 heavy (non-hydrogen) atoms. The van der Waals surface area contributed by atoms with E-state index >= 15 is 0 Å². The van der Waals surface area contributed by atoms with Gasteiger partial charge in [0.1, 0.15) is 12.4 Å². The highest BCUT2D eigenvalue weighted by atomic mass is 35.5. The summed E-state index contributed by atoms with van der Waals surface area (Å²) < 4.78 is 16.2. The van der Waals surface area contributed by atoms with Gasteiger partial charge in [0.05, 0.1) is 6.54 Å². The molecule has 140 valence electrons. The van der Waals surface area contributed by atoms with Crippen LogP contribution in [0.5, 0.6) is 17.2 Å². The van der Waals surface area contributed by atoms with Crippen LogP contribution in [0.1, 0.15) is 26.2 Å². The summed E-state index contributed by atoms with van der Waals surface area (Å²) in [4.78, 5) is 12.0. The summed E-state index contributed by atoms with van der Waals surface area (Å²) in [5.41, 5.74) is 0. The molecular weight excluding hydrogens is 344 g/mol. The van der Waals surface area contributed by atoms with E-state index in [1.54, 1.807) is 0 Å². The van der Waals surface area contributed by atoms with Crippen LogP contribution < -0.4 is 24.8 Å². The number of halogens is 1. The molecule has 2 unspecified atom stereocenters. The molecule has 2 N–H and O–H groups in total. The summed E-state index contributed by atoms with van der Waals surface area (Å²) in [6.07, 6.45) is 3.01. The summed E-state index contributed by atoms with van der Waals surface area (Å²) in [7, 11) is 0. The Kier molecular flexibility index (Phi) is 7.65. The Labute approximate surface area is 155 Å². The fourth-order valence-electron chi connectivity index (χ4n) is 3.22. The van der Waals surface area contributed by atoms with Crippen LogP contribution in [-0.2, 0) is 4.79 Å². The second-order valence-corrected chi connectivity index (χ2v) is 6.50. The van der Waals surface area contributed by atoms with Gasteiger partial charge in [0.15, 0.2) is 11.5 Å². The zero-order valence-corrected chi connectivity index (χ0v) is 15.4. The lowest BCUT2D eigenvalue weighted by Crippen LogP contribution is -2.36. The molecule has 0 spiro atoms. The maximum Gasteiger partial charge on any atom is 0.231 e. The van der Waals surface area contributed by atoms with Gasteiger partial charge in [0.25, 0.3) is 0 Å². The number of carbonyl (C=O) groups is 1. The normalized spacial score (nSPS) is 19.6. The molecule has 1 fully saturated rings. The van der Waals surface area contributed by atoms with Gasteiger partial charge in [-0.05, 0) is 49.9 Å². The van der Waals surface area contributed by atoms with Gasteiger partial charge >= 0.3 is 0 Å². The van der Waals surface area contributed by atoms with Gasteiger partial charge in [-0.3, -0.25) is 4.79 Å². The van der Waals surface area contributed by atoms with E-state index in [2.05, 4.69) is 17.6 Å². The smallest absolute Gasteiger partial charge is 0.231 e. The molecule has 0 radical (unpaired) electrons. The SMILES string of the molecule is CC(CC(=O)NCCOc1ccc2c(c1)OCO2)C1CCCNC1.Cl. The zero-order chi connectivity index (χ0) is 16.8. The fraction of sp³-hybridized carbons (Fsp3) is 0.611. The Morgan fingerprint density at radius 3 is 3.04 bits per heavy atom. The van der Waals surface area contributed by atoms with Crippen molar-refractivity contribution in [3.05, 3.63) is 18.2 Å². The summed E-state index contributed by atoms with van der Waals surface area (Å²) in [5.74, 6) is 3.27. The largest absolute Gasteiger partial charge is 0.492 e. The summed E-state index contributed by atoms with van der Waals surface area (Å²) in [6, 6.07) is 5.48. The molecule has 1 aromatic carbocycles. The van der Waals surface area contributed by atoms with E-state index in [0.29, 0.717) is 37.2 Å². The molecule has 2 aliphatic heterocycles. The van der Waals surface area contributed by atoms with Gasteiger partial charge in [-0.2, -0.15) is 0 Å². The monoisotopic (exact) mass is 370 g/mol. The lowest BCUT2D eigenvalue weighted by atomic mass is 9.85. The molecule has 1 saturated heterocycles. The van der Waals surface area contributed by atoms with Gasteiger partial charge in [0.2, 0.25) is 12.7 Å². The van der Waals surface area contributed by atoms with Crippen molar-refractivity contribution in [2.75, 3.05) is 33.0 Å². The van der Waals surface area contributed by atoms with E-state index in [9.17, 15) is 4.79 Å². The third-order valence-electron chi connectivity index (χ3n) is 4.68. The minimum Gasteiger partial charge on any atom is -0.492 e. The van der Waals surface area contributed by atoms with Crippen LogP contribution in [0, 0.1) is 11.8 Å². The summed E-state index contributed by atoms with van der Waals surface area (Å²) in [6.45, 7) is 5.49. The first-order valence-corrected chi connectivity index (χ1v) is 8.72. The molecule has 0 saturated carbocycles. The lowest BCUT2D eigenvalue weighted by molar-refractivity contribution is -0.122. The number of hydrogen-bond acceptors (Lipinski definition) is 5. The van der Waals surface area contributed by atoms with Crippen molar-refractivity contribution in [1.29, 1.82) is 0 Å². The van der Waals surface area contributed by atoms with Crippen molar-refractivity contribution < 1.29 is 19.0 Å². The third-order valence-corrected chi connectivity index (χ3v) is 4.68. The first-order chi connectivity index (χ1) is 11.7. The van der Waals surface area contributed by atoms with E-state index in [1.165, 1.54) is 12.8 Å². The van der Waals surface area contributed by atoms with E-state index in [1.807, 2.05) is 18.2 Å². The lowest BCUT2D eigenvalue weighted by Gasteiger charge is -2.28. The number of benzene rings is 1. The molecule has 2 atom stereocenters. The Balaban J connectivity index is 0.00000225. The predicted octanol–water partition coefficient (Wildman–Crippen LogP) is 2.36.